The molecule has 1 saturated carbocycles. The van der Waals surface area contributed by atoms with Crippen molar-refractivity contribution in [1.82, 2.24) is 9.78 Å². The lowest BCUT2D eigenvalue weighted by molar-refractivity contribution is 0.0322. The minimum atomic E-state index is -0.944. The van der Waals surface area contributed by atoms with E-state index in [1.165, 1.54) is 0 Å². The van der Waals surface area contributed by atoms with E-state index in [4.69, 9.17) is 22.1 Å². The van der Waals surface area contributed by atoms with Gasteiger partial charge in [0.1, 0.15) is 5.60 Å². The average molecular weight is 260 g/mol. The minimum Gasteiger partial charge on any atom is -0.383 e. The molecule has 2 rings (SSSR count). The maximum atomic E-state index is 10.6. The van der Waals surface area contributed by atoms with Crippen LogP contribution < -0.4 is 5.73 Å². The number of aromatic nitrogens is 2. The molecule has 1 heterocycles. The van der Waals surface area contributed by atoms with Gasteiger partial charge in [-0.25, -0.2) is 0 Å². The third kappa shape index (κ3) is 2.47. The van der Waals surface area contributed by atoms with E-state index in [1.807, 2.05) is 0 Å². The third-order valence-corrected chi connectivity index (χ3v) is 3.55. The van der Waals surface area contributed by atoms with E-state index < -0.39 is 5.60 Å². The van der Waals surface area contributed by atoms with Crippen molar-refractivity contribution < 1.29 is 9.84 Å². The molecule has 0 amide bonds. The van der Waals surface area contributed by atoms with Gasteiger partial charge in [0, 0.05) is 13.2 Å². The zero-order valence-electron chi connectivity index (χ0n) is 9.90. The number of nitrogens with two attached hydrogens (primary N) is 1. The second-order valence-electron chi connectivity index (χ2n) is 4.59. The van der Waals surface area contributed by atoms with Crippen molar-refractivity contribution in [2.45, 2.75) is 37.5 Å². The Hall–Kier alpha value is -0.620. The predicted octanol–water partition coefficient (Wildman–Crippen LogP) is 0.882. The molecule has 17 heavy (non-hydrogen) atoms. The zero-order chi connectivity index (χ0) is 12.5. The normalized spacial score (nSPS) is 28.8. The number of hydrogen-bond donors (Lipinski definition) is 2. The van der Waals surface area contributed by atoms with Gasteiger partial charge in [-0.3, -0.25) is 4.68 Å². The van der Waals surface area contributed by atoms with E-state index in [0.29, 0.717) is 36.7 Å². The second kappa shape index (κ2) is 4.94. The van der Waals surface area contributed by atoms with Crippen molar-refractivity contribution in [3.05, 3.63) is 16.9 Å². The van der Waals surface area contributed by atoms with Crippen LogP contribution in [0.3, 0.4) is 0 Å². The molecule has 96 valence electrons. The van der Waals surface area contributed by atoms with E-state index in [0.717, 1.165) is 6.42 Å². The quantitative estimate of drug-likeness (QED) is 0.842. The van der Waals surface area contributed by atoms with Crippen molar-refractivity contribution >= 4 is 11.6 Å². The van der Waals surface area contributed by atoms with Crippen molar-refractivity contribution in [2.75, 3.05) is 13.7 Å². The molecule has 1 aliphatic rings. The molecule has 0 spiro atoms. The van der Waals surface area contributed by atoms with Crippen LogP contribution >= 0.6 is 11.6 Å². The Morgan fingerprint density at radius 1 is 1.76 bits per heavy atom. The van der Waals surface area contributed by atoms with Crippen LogP contribution in [0, 0.1) is 0 Å². The van der Waals surface area contributed by atoms with Crippen molar-refractivity contribution in [3.63, 3.8) is 0 Å². The van der Waals surface area contributed by atoms with E-state index in [9.17, 15) is 5.11 Å². The van der Waals surface area contributed by atoms with E-state index in [2.05, 4.69) is 5.10 Å². The summed E-state index contributed by atoms with van der Waals surface area (Å²) in [6, 6.07) is 0.0295. The SMILES string of the molecule is COCCn1ncc(Cl)c1C1(O)CCC(N)C1. The van der Waals surface area contributed by atoms with Crippen molar-refractivity contribution in [3.8, 4) is 0 Å². The summed E-state index contributed by atoms with van der Waals surface area (Å²) < 4.78 is 6.73. The molecule has 6 heteroatoms. The maximum Gasteiger partial charge on any atom is 0.109 e. The summed E-state index contributed by atoms with van der Waals surface area (Å²) in [4.78, 5) is 0. The predicted molar refractivity (Wildman–Crippen MR) is 64.8 cm³/mol. The number of nitrogens with zero attached hydrogens (tertiary/aromatic N) is 2. The minimum absolute atomic E-state index is 0.0295. The molecule has 0 aromatic carbocycles. The van der Waals surface area contributed by atoms with Crippen LogP contribution in [-0.2, 0) is 16.9 Å². The Morgan fingerprint density at radius 3 is 3.12 bits per heavy atom. The molecule has 0 bridgehead atoms. The Bertz CT molecular complexity index is 396. The fourth-order valence-corrected chi connectivity index (χ4v) is 2.77. The third-order valence-electron chi connectivity index (χ3n) is 3.27. The van der Waals surface area contributed by atoms with Gasteiger partial charge in [0.25, 0.3) is 0 Å². The monoisotopic (exact) mass is 259 g/mol. The summed E-state index contributed by atoms with van der Waals surface area (Å²) in [6.07, 6.45) is 3.54. The summed E-state index contributed by atoms with van der Waals surface area (Å²) in [5.41, 5.74) is 5.59. The lowest BCUT2D eigenvalue weighted by Crippen LogP contribution is -2.29. The van der Waals surface area contributed by atoms with Crippen LogP contribution in [0.25, 0.3) is 0 Å². The van der Waals surface area contributed by atoms with Gasteiger partial charge in [-0.15, -0.1) is 0 Å². The van der Waals surface area contributed by atoms with Crippen LogP contribution in [0.15, 0.2) is 6.20 Å². The molecule has 1 fully saturated rings. The van der Waals surface area contributed by atoms with Gasteiger partial charge in [-0.1, -0.05) is 11.6 Å². The zero-order valence-corrected chi connectivity index (χ0v) is 10.7. The first-order chi connectivity index (χ1) is 8.07. The summed E-state index contributed by atoms with van der Waals surface area (Å²) in [7, 11) is 1.63. The molecule has 2 unspecified atom stereocenters. The topological polar surface area (TPSA) is 73.3 Å². The largest absolute Gasteiger partial charge is 0.383 e. The molecule has 1 aromatic heterocycles. The van der Waals surface area contributed by atoms with Gasteiger partial charge >= 0.3 is 0 Å². The number of ether oxygens (including phenoxy) is 1. The summed E-state index contributed by atoms with van der Waals surface area (Å²) in [6.45, 7) is 1.11. The standard InChI is InChI=1S/C11H18ClN3O2/c1-17-5-4-15-10(9(12)7-14-15)11(16)3-2-8(13)6-11/h7-8,16H,2-6,13H2,1H3. The molecule has 0 radical (unpaired) electrons. The van der Waals surface area contributed by atoms with Gasteiger partial charge in [-0.05, 0) is 19.3 Å². The summed E-state index contributed by atoms with van der Waals surface area (Å²) in [5.74, 6) is 0. The molecule has 1 aromatic rings. The molecule has 5 nitrogen and oxygen atoms in total. The van der Waals surface area contributed by atoms with Gasteiger partial charge in [0.05, 0.1) is 30.1 Å². The second-order valence-corrected chi connectivity index (χ2v) is 5.00. The highest BCUT2D eigenvalue weighted by Gasteiger charge is 2.41. The van der Waals surface area contributed by atoms with E-state index in [1.54, 1.807) is 18.0 Å². The van der Waals surface area contributed by atoms with Crippen LogP contribution in [0.1, 0.15) is 25.0 Å². The summed E-state index contributed by atoms with van der Waals surface area (Å²) in [5, 5.41) is 15.3. The number of methoxy groups -OCH3 is 1. The van der Waals surface area contributed by atoms with E-state index >= 15 is 0 Å². The van der Waals surface area contributed by atoms with Crippen LogP contribution in [0.4, 0.5) is 0 Å². The molecule has 0 saturated heterocycles. The highest BCUT2D eigenvalue weighted by Crippen LogP contribution is 2.40. The van der Waals surface area contributed by atoms with Crippen LogP contribution in [-0.4, -0.2) is 34.6 Å². The Labute approximate surface area is 106 Å². The lowest BCUT2D eigenvalue weighted by Gasteiger charge is -2.24. The number of halogens is 1. The fourth-order valence-electron chi connectivity index (χ4n) is 2.45. The van der Waals surface area contributed by atoms with Gasteiger partial charge in [-0.2, -0.15) is 5.10 Å². The average Bonchev–Trinajstić information content (AvgIpc) is 2.80. The van der Waals surface area contributed by atoms with Gasteiger partial charge < -0.3 is 15.6 Å². The van der Waals surface area contributed by atoms with Crippen LogP contribution in [0.2, 0.25) is 5.02 Å². The first-order valence-corrected chi connectivity index (χ1v) is 6.13. The lowest BCUT2D eigenvalue weighted by atomic mass is 9.97. The Balaban J connectivity index is 2.27. The van der Waals surface area contributed by atoms with Gasteiger partial charge in [0.15, 0.2) is 0 Å². The first kappa shape index (κ1) is 12.8. The molecule has 0 aliphatic heterocycles. The molecule has 2 atom stereocenters. The van der Waals surface area contributed by atoms with Crippen molar-refractivity contribution in [1.29, 1.82) is 0 Å². The number of rotatable bonds is 4. The molecular formula is C11H18ClN3O2. The molecule has 1 aliphatic carbocycles. The first-order valence-electron chi connectivity index (χ1n) is 5.75. The summed E-state index contributed by atoms with van der Waals surface area (Å²) >= 11 is 6.12. The van der Waals surface area contributed by atoms with Gasteiger partial charge in [0.2, 0.25) is 0 Å². The van der Waals surface area contributed by atoms with Crippen molar-refractivity contribution in [2.24, 2.45) is 5.73 Å². The highest BCUT2D eigenvalue weighted by atomic mass is 35.5. The molecule has 3 N–H and O–H groups in total. The van der Waals surface area contributed by atoms with Crippen LogP contribution in [0.5, 0.6) is 0 Å². The smallest absolute Gasteiger partial charge is 0.109 e. The Kier molecular flexibility index (Phi) is 3.73. The maximum absolute atomic E-state index is 10.6. The highest BCUT2D eigenvalue weighted by molar-refractivity contribution is 6.31. The number of hydrogen-bond acceptors (Lipinski definition) is 4. The molecular weight excluding hydrogens is 242 g/mol. The number of aliphatic hydroxyl groups is 1. The Morgan fingerprint density at radius 2 is 2.53 bits per heavy atom. The van der Waals surface area contributed by atoms with E-state index in [-0.39, 0.29) is 6.04 Å². The fraction of sp³-hybridized carbons (Fsp3) is 0.727.